The van der Waals surface area contributed by atoms with Crippen molar-refractivity contribution in [1.29, 1.82) is 0 Å². The number of aryl methyl sites for hydroxylation is 1. The molecule has 0 bridgehead atoms. The number of fused-ring (bicyclic) bond motifs is 3. The second-order valence-electron chi connectivity index (χ2n) is 7.23. The van der Waals surface area contributed by atoms with E-state index in [2.05, 4.69) is 63.9 Å². The number of para-hydroxylation sites is 1. The Labute approximate surface area is 165 Å². The molecule has 2 aromatic carbocycles. The van der Waals surface area contributed by atoms with Gasteiger partial charge in [-0.3, -0.25) is 4.98 Å². The Morgan fingerprint density at radius 2 is 1.86 bits per heavy atom. The smallest absolute Gasteiger partial charge is 0.107 e. The molecule has 0 aliphatic heterocycles. The first-order valence-electron chi connectivity index (χ1n) is 9.75. The predicted molar refractivity (Wildman–Crippen MR) is 115 cm³/mol. The molecule has 28 heavy (non-hydrogen) atoms. The Morgan fingerprint density at radius 1 is 0.964 bits per heavy atom. The van der Waals surface area contributed by atoms with Crippen molar-refractivity contribution >= 4 is 27.6 Å². The third-order valence-corrected chi connectivity index (χ3v) is 5.01. The molecule has 0 unspecified atom stereocenters. The molecule has 4 aromatic rings. The molecule has 0 amide bonds. The maximum absolute atomic E-state index is 5.89. The largest absolute Gasteiger partial charge is 0.380 e. The van der Waals surface area contributed by atoms with Crippen molar-refractivity contribution in [1.82, 2.24) is 14.5 Å². The summed E-state index contributed by atoms with van der Waals surface area (Å²) in [6, 6.07) is 16.9. The van der Waals surface area contributed by atoms with E-state index in [-0.39, 0.29) is 0 Å². The molecule has 0 aliphatic carbocycles. The van der Waals surface area contributed by atoms with E-state index < -0.39 is 0 Å². The number of benzene rings is 2. The summed E-state index contributed by atoms with van der Waals surface area (Å²) in [7, 11) is 4.14. The van der Waals surface area contributed by atoms with Crippen LogP contribution in [-0.4, -0.2) is 41.8 Å². The van der Waals surface area contributed by atoms with Crippen LogP contribution in [-0.2, 0) is 17.7 Å². The fraction of sp³-hybridized carbons (Fsp3) is 0.304. The molecule has 0 saturated heterocycles. The minimum absolute atomic E-state index is 0.680. The first kappa shape index (κ1) is 18.4. The maximum Gasteiger partial charge on any atom is 0.107 e. The van der Waals surface area contributed by atoms with Gasteiger partial charge in [-0.25, -0.2) is 4.98 Å². The molecule has 0 fully saturated rings. The molecular formula is C23H26N4O. The molecule has 144 valence electrons. The van der Waals surface area contributed by atoms with Crippen LogP contribution in [0.25, 0.3) is 21.9 Å². The maximum atomic E-state index is 5.89. The van der Waals surface area contributed by atoms with Gasteiger partial charge in [0.15, 0.2) is 0 Å². The van der Waals surface area contributed by atoms with Crippen LogP contribution < -0.4 is 4.90 Å². The number of rotatable bonds is 8. The Hall–Kier alpha value is -2.92. The average molecular weight is 374 g/mol. The third kappa shape index (κ3) is 3.99. The van der Waals surface area contributed by atoms with Crippen LogP contribution >= 0.6 is 0 Å². The number of hydrogen-bond acceptors (Lipinski definition) is 4. The van der Waals surface area contributed by atoms with Crippen LogP contribution in [0, 0.1) is 0 Å². The van der Waals surface area contributed by atoms with E-state index >= 15 is 0 Å². The molecule has 0 N–H and O–H groups in total. The van der Waals surface area contributed by atoms with Gasteiger partial charge in [-0.15, -0.1) is 0 Å². The Kier molecular flexibility index (Phi) is 5.53. The van der Waals surface area contributed by atoms with Crippen molar-refractivity contribution in [3.8, 4) is 0 Å². The number of nitrogens with zero attached hydrogens (tertiary/aromatic N) is 4. The molecule has 4 rings (SSSR count). The zero-order valence-corrected chi connectivity index (χ0v) is 16.5. The van der Waals surface area contributed by atoms with Gasteiger partial charge in [0.2, 0.25) is 0 Å². The summed E-state index contributed by atoms with van der Waals surface area (Å²) in [5.74, 6) is 0. The van der Waals surface area contributed by atoms with Crippen LogP contribution in [0.4, 0.5) is 5.69 Å². The van der Waals surface area contributed by atoms with Gasteiger partial charge in [0.25, 0.3) is 0 Å². The topological polar surface area (TPSA) is 43.2 Å². The van der Waals surface area contributed by atoms with Crippen LogP contribution in [0.5, 0.6) is 0 Å². The second kappa shape index (κ2) is 8.40. The fourth-order valence-electron chi connectivity index (χ4n) is 3.51. The highest BCUT2D eigenvalue weighted by Gasteiger charge is 2.07. The number of ether oxygens (including phenoxy) is 1. The number of aromatic nitrogens is 3. The molecule has 0 saturated carbocycles. The summed E-state index contributed by atoms with van der Waals surface area (Å²) < 4.78 is 8.06. The molecule has 5 nitrogen and oxygen atoms in total. The monoisotopic (exact) mass is 374 g/mol. The second-order valence-corrected chi connectivity index (χ2v) is 7.23. The quantitative estimate of drug-likeness (QED) is 0.431. The zero-order chi connectivity index (χ0) is 19.3. The van der Waals surface area contributed by atoms with Crippen molar-refractivity contribution in [2.45, 2.75) is 19.4 Å². The molecule has 5 heteroatoms. The summed E-state index contributed by atoms with van der Waals surface area (Å²) in [5.41, 5.74) is 5.66. The van der Waals surface area contributed by atoms with Crippen LogP contribution in [0.1, 0.15) is 12.0 Å². The van der Waals surface area contributed by atoms with Crippen molar-refractivity contribution in [2.24, 2.45) is 0 Å². The fourth-order valence-corrected chi connectivity index (χ4v) is 3.51. The van der Waals surface area contributed by atoms with Gasteiger partial charge in [0.05, 0.1) is 30.2 Å². The molecule has 0 aliphatic rings. The normalized spacial score (nSPS) is 11.4. The van der Waals surface area contributed by atoms with Crippen LogP contribution in [0.2, 0.25) is 0 Å². The highest BCUT2D eigenvalue weighted by atomic mass is 16.5. The van der Waals surface area contributed by atoms with Gasteiger partial charge in [0, 0.05) is 38.3 Å². The summed E-state index contributed by atoms with van der Waals surface area (Å²) in [6.07, 6.45) is 5.78. The standard InChI is InChI=1S/C23H26N4O/c1-26(2)19-9-5-7-18(15-19)8-6-13-28-14-12-27-17-25-22-16-24-21-11-4-3-10-20(21)23(22)27/h3-5,7,9-11,15-17H,6,8,12-14H2,1-2H3. The summed E-state index contributed by atoms with van der Waals surface area (Å²) in [5, 5.41) is 1.14. The lowest BCUT2D eigenvalue weighted by molar-refractivity contribution is 0.125. The molecule has 0 radical (unpaired) electrons. The third-order valence-electron chi connectivity index (χ3n) is 5.01. The van der Waals surface area contributed by atoms with Gasteiger partial charge in [-0.2, -0.15) is 0 Å². The number of anilines is 1. The first-order chi connectivity index (χ1) is 13.7. The van der Waals surface area contributed by atoms with E-state index in [1.165, 1.54) is 11.3 Å². The van der Waals surface area contributed by atoms with Crippen LogP contribution in [0.15, 0.2) is 61.1 Å². The minimum atomic E-state index is 0.680. The number of hydrogen-bond donors (Lipinski definition) is 0. The van der Waals surface area contributed by atoms with Crippen molar-refractivity contribution in [3.63, 3.8) is 0 Å². The lowest BCUT2D eigenvalue weighted by atomic mass is 10.1. The lowest BCUT2D eigenvalue weighted by Gasteiger charge is -2.13. The Morgan fingerprint density at radius 3 is 2.75 bits per heavy atom. The van der Waals surface area contributed by atoms with Gasteiger partial charge < -0.3 is 14.2 Å². The zero-order valence-electron chi connectivity index (χ0n) is 16.5. The van der Waals surface area contributed by atoms with E-state index in [1.807, 2.05) is 30.7 Å². The highest BCUT2D eigenvalue weighted by Crippen LogP contribution is 2.22. The van der Waals surface area contributed by atoms with Gasteiger partial charge in [-0.1, -0.05) is 30.3 Å². The predicted octanol–water partition coefficient (Wildman–Crippen LogP) is 4.30. The average Bonchev–Trinajstić information content (AvgIpc) is 3.14. The van der Waals surface area contributed by atoms with Crippen molar-refractivity contribution in [3.05, 3.63) is 66.6 Å². The first-order valence-corrected chi connectivity index (χ1v) is 9.75. The van der Waals surface area contributed by atoms with Gasteiger partial charge in [-0.05, 0) is 36.6 Å². The molecule has 2 heterocycles. The van der Waals surface area contributed by atoms with E-state index in [1.54, 1.807) is 0 Å². The molecule has 0 atom stereocenters. The Balaban J connectivity index is 1.30. The summed E-state index contributed by atoms with van der Waals surface area (Å²) in [6.45, 7) is 2.24. The van der Waals surface area contributed by atoms with E-state index in [4.69, 9.17) is 4.74 Å². The van der Waals surface area contributed by atoms with E-state index in [9.17, 15) is 0 Å². The molecular weight excluding hydrogens is 348 g/mol. The van der Waals surface area contributed by atoms with Gasteiger partial charge in [0.1, 0.15) is 5.52 Å². The molecule has 2 aromatic heterocycles. The van der Waals surface area contributed by atoms with Crippen molar-refractivity contribution in [2.75, 3.05) is 32.2 Å². The summed E-state index contributed by atoms with van der Waals surface area (Å²) in [4.78, 5) is 11.1. The van der Waals surface area contributed by atoms with E-state index in [0.717, 1.165) is 47.9 Å². The number of pyridine rings is 1. The minimum Gasteiger partial charge on any atom is -0.380 e. The Bertz CT molecular complexity index is 1070. The van der Waals surface area contributed by atoms with Gasteiger partial charge >= 0.3 is 0 Å². The lowest BCUT2D eigenvalue weighted by Crippen LogP contribution is -2.09. The molecule has 0 spiro atoms. The van der Waals surface area contributed by atoms with E-state index in [0.29, 0.717) is 6.61 Å². The summed E-state index contributed by atoms with van der Waals surface area (Å²) >= 11 is 0. The number of imidazole rings is 1. The highest BCUT2D eigenvalue weighted by molar-refractivity contribution is 6.01. The van der Waals surface area contributed by atoms with Crippen LogP contribution in [0.3, 0.4) is 0 Å². The SMILES string of the molecule is CN(C)c1cccc(CCCOCCn2cnc3cnc4ccccc4c32)c1. The van der Waals surface area contributed by atoms with Crippen molar-refractivity contribution < 1.29 is 4.74 Å².